The van der Waals surface area contributed by atoms with E-state index in [1.807, 2.05) is 11.7 Å². The average molecular weight is 263 g/mol. The Morgan fingerprint density at radius 1 is 1.44 bits per heavy atom. The molecule has 0 aliphatic heterocycles. The molecule has 1 unspecified atom stereocenters. The van der Waals surface area contributed by atoms with Gasteiger partial charge in [-0.2, -0.15) is 16.4 Å². The van der Waals surface area contributed by atoms with Crippen LogP contribution in [-0.4, -0.2) is 16.3 Å². The van der Waals surface area contributed by atoms with E-state index in [-0.39, 0.29) is 0 Å². The molecular weight excluding hydrogens is 242 g/mol. The van der Waals surface area contributed by atoms with Crippen molar-refractivity contribution in [3.8, 4) is 0 Å². The number of hydrogen-bond donors (Lipinski definition) is 1. The van der Waals surface area contributed by atoms with E-state index >= 15 is 0 Å². The lowest BCUT2D eigenvalue weighted by Gasteiger charge is -2.14. The quantitative estimate of drug-likeness (QED) is 0.898. The summed E-state index contributed by atoms with van der Waals surface area (Å²) in [5.41, 5.74) is 5.13. The van der Waals surface area contributed by atoms with Gasteiger partial charge in [-0.3, -0.25) is 4.68 Å². The fourth-order valence-corrected chi connectivity index (χ4v) is 3.09. The molecule has 0 fully saturated rings. The average Bonchev–Trinajstić information content (AvgIpc) is 2.89. The highest BCUT2D eigenvalue weighted by Gasteiger charge is 2.15. The van der Waals surface area contributed by atoms with Gasteiger partial charge in [-0.15, -0.1) is 0 Å². The number of aryl methyl sites for hydroxylation is 2. The molecule has 0 aromatic carbocycles. The third-order valence-corrected chi connectivity index (χ3v) is 4.17. The Balaban J connectivity index is 1.93. The van der Waals surface area contributed by atoms with Gasteiger partial charge in [0.15, 0.2) is 0 Å². The largest absolute Gasteiger partial charge is 0.310 e. The predicted octanol–water partition coefficient (Wildman–Crippen LogP) is 2.99. The van der Waals surface area contributed by atoms with E-state index in [9.17, 15) is 0 Å². The molecule has 2 heterocycles. The third kappa shape index (κ3) is 2.82. The zero-order chi connectivity index (χ0) is 13.1. The molecule has 0 aliphatic carbocycles. The smallest absolute Gasteiger partial charge is 0.0644 e. The van der Waals surface area contributed by atoms with Crippen LogP contribution in [0.1, 0.15) is 35.5 Å². The fourth-order valence-electron chi connectivity index (χ4n) is 2.39. The Hall–Kier alpha value is -1.13. The second kappa shape index (κ2) is 5.67. The summed E-state index contributed by atoms with van der Waals surface area (Å²) in [4.78, 5) is 0. The van der Waals surface area contributed by atoms with E-state index in [4.69, 9.17) is 0 Å². The van der Waals surface area contributed by atoms with E-state index in [0.717, 1.165) is 18.7 Å². The fraction of sp³-hybridized carbons (Fsp3) is 0.500. The van der Waals surface area contributed by atoms with Gasteiger partial charge in [0, 0.05) is 24.3 Å². The molecule has 0 aliphatic rings. The first kappa shape index (κ1) is 13.3. The van der Waals surface area contributed by atoms with Crippen LogP contribution in [-0.2, 0) is 13.5 Å². The van der Waals surface area contributed by atoms with Crippen molar-refractivity contribution in [1.82, 2.24) is 15.1 Å². The maximum atomic E-state index is 4.47. The summed E-state index contributed by atoms with van der Waals surface area (Å²) in [7, 11) is 2.00. The Morgan fingerprint density at radius 2 is 2.22 bits per heavy atom. The topological polar surface area (TPSA) is 29.9 Å². The lowest BCUT2D eigenvalue weighted by Crippen LogP contribution is -2.22. The molecule has 0 saturated heterocycles. The van der Waals surface area contributed by atoms with Gasteiger partial charge in [0.1, 0.15) is 0 Å². The highest BCUT2D eigenvalue weighted by atomic mass is 32.1. The van der Waals surface area contributed by atoms with Crippen LogP contribution in [0.5, 0.6) is 0 Å². The van der Waals surface area contributed by atoms with Crippen LogP contribution in [0, 0.1) is 13.8 Å². The standard InChI is InChI=1S/C14H21N3S/c1-10(14-11(2)16-17(4)12(14)3)15-7-5-13-6-8-18-9-13/h6,8-10,15H,5,7H2,1-4H3. The molecule has 0 amide bonds. The Bertz CT molecular complexity index is 499. The molecule has 0 bridgehead atoms. The monoisotopic (exact) mass is 263 g/mol. The van der Waals surface area contributed by atoms with Crippen molar-refractivity contribution in [2.24, 2.45) is 7.05 Å². The van der Waals surface area contributed by atoms with Gasteiger partial charge in [0.2, 0.25) is 0 Å². The van der Waals surface area contributed by atoms with E-state index in [1.54, 1.807) is 11.3 Å². The summed E-state index contributed by atoms with van der Waals surface area (Å²) in [6.07, 6.45) is 1.09. The Labute approximate surface area is 113 Å². The first-order valence-electron chi connectivity index (χ1n) is 6.34. The molecule has 4 heteroatoms. The third-order valence-electron chi connectivity index (χ3n) is 3.44. The number of hydrogen-bond acceptors (Lipinski definition) is 3. The van der Waals surface area contributed by atoms with Crippen LogP contribution in [0.15, 0.2) is 16.8 Å². The van der Waals surface area contributed by atoms with Crippen molar-refractivity contribution >= 4 is 11.3 Å². The van der Waals surface area contributed by atoms with Gasteiger partial charge in [-0.25, -0.2) is 0 Å². The van der Waals surface area contributed by atoms with Gasteiger partial charge in [-0.1, -0.05) is 0 Å². The molecule has 2 aromatic heterocycles. The number of nitrogens with zero attached hydrogens (tertiary/aromatic N) is 2. The van der Waals surface area contributed by atoms with Crippen molar-refractivity contribution in [3.05, 3.63) is 39.3 Å². The molecule has 2 rings (SSSR count). The van der Waals surface area contributed by atoms with E-state index < -0.39 is 0 Å². The second-order valence-electron chi connectivity index (χ2n) is 4.77. The van der Waals surface area contributed by atoms with Gasteiger partial charge in [0.05, 0.1) is 5.69 Å². The number of nitrogens with one attached hydrogen (secondary N) is 1. The molecular formula is C14H21N3S. The SMILES string of the molecule is Cc1nn(C)c(C)c1C(C)NCCc1ccsc1. The van der Waals surface area contributed by atoms with Crippen LogP contribution in [0.4, 0.5) is 0 Å². The van der Waals surface area contributed by atoms with Crippen molar-refractivity contribution in [3.63, 3.8) is 0 Å². The summed E-state index contributed by atoms with van der Waals surface area (Å²) in [5.74, 6) is 0. The summed E-state index contributed by atoms with van der Waals surface area (Å²) < 4.78 is 1.96. The van der Waals surface area contributed by atoms with E-state index in [0.29, 0.717) is 6.04 Å². The molecule has 0 saturated carbocycles. The zero-order valence-electron chi connectivity index (χ0n) is 11.5. The second-order valence-corrected chi connectivity index (χ2v) is 5.55. The molecule has 0 spiro atoms. The molecule has 98 valence electrons. The Kier molecular flexibility index (Phi) is 4.19. The molecule has 0 radical (unpaired) electrons. The predicted molar refractivity (Wildman–Crippen MR) is 77.1 cm³/mol. The first-order valence-corrected chi connectivity index (χ1v) is 7.28. The number of aromatic nitrogens is 2. The Morgan fingerprint density at radius 3 is 2.78 bits per heavy atom. The highest BCUT2D eigenvalue weighted by molar-refractivity contribution is 7.07. The van der Waals surface area contributed by atoms with Crippen molar-refractivity contribution in [2.75, 3.05) is 6.54 Å². The van der Waals surface area contributed by atoms with Crippen molar-refractivity contribution in [2.45, 2.75) is 33.2 Å². The van der Waals surface area contributed by atoms with Crippen LogP contribution in [0.3, 0.4) is 0 Å². The summed E-state index contributed by atoms with van der Waals surface area (Å²) in [6.45, 7) is 7.43. The van der Waals surface area contributed by atoms with Crippen molar-refractivity contribution in [1.29, 1.82) is 0 Å². The highest BCUT2D eigenvalue weighted by Crippen LogP contribution is 2.20. The molecule has 1 N–H and O–H groups in total. The minimum Gasteiger partial charge on any atom is -0.310 e. The zero-order valence-corrected chi connectivity index (χ0v) is 12.3. The summed E-state index contributed by atoms with van der Waals surface area (Å²) >= 11 is 1.76. The normalized spacial score (nSPS) is 12.9. The van der Waals surface area contributed by atoms with Crippen LogP contribution >= 0.6 is 11.3 Å². The van der Waals surface area contributed by atoms with Gasteiger partial charge in [0.25, 0.3) is 0 Å². The molecule has 1 atom stereocenters. The lowest BCUT2D eigenvalue weighted by molar-refractivity contribution is 0.571. The van der Waals surface area contributed by atoms with Gasteiger partial charge < -0.3 is 5.32 Å². The minimum absolute atomic E-state index is 0.359. The van der Waals surface area contributed by atoms with Gasteiger partial charge in [-0.05, 0) is 56.1 Å². The van der Waals surface area contributed by atoms with Crippen LogP contribution in [0.2, 0.25) is 0 Å². The number of thiophene rings is 1. The number of rotatable bonds is 5. The molecule has 3 nitrogen and oxygen atoms in total. The van der Waals surface area contributed by atoms with Crippen molar-refractivity contribution < 1.29 is 0 Å². The van der Waals surface area contributed by atoms with E-state index in [2.05, 4.69) is 48.0 Å². The molecule has 2 aromatic rings. The first-order chi connectivity index (χ1) is 8.59. The van der Waals surface area contributed by atoms with Crippen LogP contribution in [0.25, 0.3) is 0 Å². The minimum atomic E-state index is 0.359. The summed E-state index contributed by atoms with van der Waals surface area (Å²) in [6, 6.07) is 2.55. The molecule has 18 heavy (non-hydrogen) atoms. The summed E-state index contributed by atoms with van der Waals surface area (Å²) in [5, 5.41) is 12.4. The maximum absolute atomic E-state index is 4.47. The van der Waals surface area contributed by atoms with Gasteiger partial charge >= 0.3 is 0 Å². The lowest BCUT2D eigenvalue weighted by atomic mass is 10.1. The van der Waals surface area contributed by atoms with Crippen LogP contribution < -0.4 is 5.32 Å². The van der Waals surface area contributed by atoms with E-state index in [1.165, 1.54) is 16.8 Å². The maximum Gasteiger partial charge on any atom is 0.0644 e.